The third-order valence-electron chi connectivity index (χ3n) is 4.09. The molecule has 0 aromatic heterocycles. The van der Waals surface area contributed by atoms with Gasteiger partial charge in [-0.1, -0.05) is 12.0 Å². The van der Waals surface area contributed by atoms with Crippen LogP contribution in [-0.4, -0.2) is 37.2 Å². The number of rotatable bonds is 2. The minimum atomic E-state index is -4.04. The molecule has 1 heterocycles. The van der Waals surface area contributed by atoms with Gasteiger partial charge in [0.05, 0.1) is 24.4 Å². The van der Waals surface area contributed by atoms with E-state index in [1.807, 2.05) is 12.3 Å². The van der Waals surface area contributed by atoms with Crippen LogP contribution in [0.25, 0.3) is 0 Å². The molecule has 1 saturated heterocycles. The first-order valence-electron chi connectivity index (χ1n) is 7.49. The average molecular weight is 334 g/mol. The minimum Gasteiger partial charge on any atom is -0.341 e. The van der Waals surface area contributed by atoms with E-state index in [0.29, 0.717) is 31.3 Å². The molecule has 1 saturated carbocycles. The first-order valence-corrected chi connectivity index (χ1v) is 8.78. The summed E-state index contributed by atoms with van der Waals surface area (Å²) in [4.78, 5) is 0. The molecule has 0 radical (unpaired) electrons. The van der Waals surface area contributed by atoms with E-state index in [1.165, 1.54) is 0 Å². The Hall–Kier alpha value is -0.640. The number of allylic oxidation sites excluding steroid dienone is 2. The van der Waals surface area contributed by atoms with Crippen molar-refractivity contribution < 1.29 is 22.6 Å². The highest BCUT2D eigenvalue weighted by atomic mass is 32.2. The van der Waals surface area contributed by atoms with Crippen molar-refractivity contribution in [1.82, 2.24) is 0 Å². The van der Waals surface area contributed by atoms with Crippen LogP contribution in [0.5, 0.6) is 0 Å². The monoisotopic (exact) mass is 334 g/mol. The normalized spacial score (nSPS) is 33.5. The molecule has 0 atom stereocenters. The Morgan fingerprint density at radius 1 is 1.09 bits per heavy atom. The zero-order chi connectivity index (χ0) is 16.0. The Kier molecular flexibility index (Phi) is 6.66. The van der Waals surface area contributed by atoms with E-state index in [1.54, 1.807) is 17.8 Å². The first-order chi connectivity index (χ1) is 10.5. The number of ether oxygens (including phenoxy) is 2. The van der Waals surface area contributed by atoms with Crippen molar-refractivity contribution in [3.05, 3.63) is 12.2 Å². The maximum absolute atomic E-state index is 12.6. The van der Waals surface area contributed by atoms with Crippen LogP contribution in [-0.2, 0) is 9.47 Å². The SMILES string of the molecule is CSC1COC(C#C/C=C/C2CCC(C(F)(F)F)CC2)OC1. The summed E-state index contributed by atoms with van der Waals surface area (Å²) in [6.07, 6.45) is 2.70. The fourth-order valence-electron chi connectivity index (χ4n) is 2.64. The van der Waals surface area contributed by atoms with Crippen molar-refractivity contribution >= 4 is 11.8 Å². The standard InChI is InChI=1S/C16H21F3O2S/c1-22-14-10-20-15(21-11-14)5-3-2-4-12-6-8-13(9-7-12)16(17,18)19/h2,4,12-15H,6-11H2,1H3/b4-2+. The van der Waals surface area contributed by atoms with E-state index in [-0.39, 0.29) is 18.8 Å². The summed E-state index contributed by atoms with van der Waals surface area (Å²) in [7, 11) is 0. The molecule has 0 unspecified atom stereocenters. The molecular formula is C16H21F3O2S. The summed E-state index contributed by atoms with van der Waals surface area (Å²) in [5.41, 5.74) is 0. The van der Waals surface area contributed by atoms with E-state index >= 15 is 0 Å². The van der Waals surface area contributed by atoms with Crippen LogP contribution in [0.15, 0.2) is 12.2 Å². The molecule has 2 fully saturated rings. The molecular weight excluding hydrogens is 313 g/mol. The Bertz CT molecular complexity index is 423. The van der Waals surface area contributed by atoms with Gasteiger partial charge in [-0.25, -0.2) is 0 Å². The number of thioether (sulfide) groups is 1. The Morgan fingerprint density at radius 2 is 1.73 bits per heavy atom. The second-order valence-corrected chi connectivity index (χ2v) is 6.80. The maximum atomic E-state index is 12.6. The second-order valence-electron chi connectivity index (χ2n) is 5.66. The van der Waals surface area contributed by atoms with Crippen molar-refractivity contribution in [1.29, 1.82) is 0 Å². The molecule has 1 aliphatic carbocycles. The largest absolute Gasteiger partial charge is 0.391 e. The van der Waals surface area contributed by atoms with E-state index in [0.717, 1.165) is 0 Å². The fourth-order valence-corrected chi connectivity index (χ4v) is 3.07. The minimum absolute atomic E-state index is 0.196. The molecule has 0 aromatic rings. The smallest absolute Gasteiger partial charge is 0.341 e. The molecule has 1 aliphatic heterocycles. The fraction of sp³-hybridized carbons (Fsp3) is 0.750. The predicted molar refractivity (Wildman–Crippen MR) is 81.4 cm³/mol. The number of hydrogen-bond acceptors (Lipinski definition) is 3. The van der Waals surface area contributed by atoms with Gasteiger partial charge in [0.2, 0.25) is 6.29 Å². The predicted octanol–water partition coefficient (Wildman–Crippen LogP) is 4.02. The van der Waals surface area contributed by atoms with Crippen LogP contribution in [0.1, 0.15) is 25.7 Å². The molecule has 0 amide bonds. The number of hydrogen-bond donors (Lipinski definition) is 0. The van der Waals surface area contributed by atoms with Gasteiger partial charge in [-0.3, -0.25) is 0 Å². The molecule has 2 nitrogen and oxygen atoms in total. The van der Waals surface area contributed by atoms with Gasteiger partial charge in [0, 0.05) is 0 Å². The lowest BCUT2D eigenvalue weighted by Gasteiger charge is -2.28. The van der Waals surface area contributed by atoms with Gasteiger partial charge >= 0.3 is 6.18 Å². The topological polar surface area (TPSA) is 18.5 Å². The third-order valence-corrected chi connectivity index (χ3v) is 5.03. The van der Waals surface area contributed by atoms with Gasteiger partial charge in [0.25, 0.3) is 0 Å². The molecule has 2 aliphatic rings. The summed E-state index contributed by atoms with van der Waals surface area (Å²) >= 11 is 1.70. The summed E-state index contributed by atoms with van der Waals surface area (Å²) in [6, 6.07) is 0. The van der Waals surface area contributed by atoms with Gasteiger partial charge in [-0.15, -0.1) is 0 Å². The van der Waals surface area contributed by atoms with E-state index in [9.17, 15) is 13.2 Å². The van der Waals surface area contributed by atoms with Gasteiger partial charge in [-0.2, -0.15) is 24.9 Å². The van der Waals surface area contributed by atoms with E-state index in [2.05, 4.69) is 11.8 Å². The van der Waals surface area contributed by atoms with Crippen molar-refractivity contribution in [3.63, 3.8) is 0 Å². The van der Waals surface area contributed by atoms with Crippen LogP contribution < -0.4 is 0 Å². The number of halogens is 3. The lowest BCUT2D eigenvalue weighted by Crippen LogP contribution is -2.32. The van der Waals surface area contributed by atoms with Crippen molar-refractivity contribution in [2.75, 3.05) is 19.5 Å². The summed E-state index contributed by atoms with van der Waals surface area (Å²) in [6.45, 7) is 1.26. The molecule has 0 aromatic carbocycles. The van der Waals surface area contributed by atoms with Crippen LogP contribution >= 0.6 is 11.8 Å². The van der Waals surface area contributed by atoms with Gasteiger partial charge in [-0.05, 0) is 49.9 Å². The zero-order valence-corrected chi connectivity index (χ0v) is 13.4. The average Bonchev–Trinajstić information content (AvgIpc) is 2.52. The van der Waals surface area contributed by atoms with Crippen LogP contribution in [0.4, 0.5) is 13.2 Å². The molecule has 6 heteroatoms. The van der Waals surface area contributed by atoms with Crippen LogP contribution in [0.2, 0.25) is 0 Å². The molecule has 0 spiro atoms. The quantitative estimate of drug-likeness (QED) is 0.711. The number of alkyl halides is 3. The highest BCUT2D eigenvalue weighted by Crippen LogP contribution is 2.39. The van der Waals surface area contributed by atoms with Crippen molar-refractivity contribution in [2.24, 2.45) is 11.8 Å². The second kappa shape index (κ2) is 8.28. The molecule has 2 rings (SSSR count). The van der Waals surface area contributed by atoms with Crippen molar-refractivity contribution in [2.45, 2.75) is 43.4 Å². The maximum Gasteiger partial charge on any atom is 0.391 e. The van der Waals surface area contributed by atoms with E-state index in [4.69, 9.17) is 9.47 Å². The lowest BCUT2D eigenvalue weighted by molar-refractivity contribution is -0.183. The van der Waals surface area contributed by atoms with Crippen molar-refractivity contribution in [3.8, 4) is 11.8 Å². The Balaban J connectivity index is 1.70. The van der Waals surface area contributed by atoms with Gasteiger partial charge < -0.3 is 9.47 Å². The van der Waals surface area contributed by atoms with Gasteiger partial charge in [0.1, 0.15) is 0 Å². The summed E-state index contributed by atoms with van der Waals surface area (Å²) < 4.78 is 48.6. The van der Waals surface area contributed by atoms with Gasteiger partial charge in [0.15, 0.2) is 0 Å². The third kappa shape index (κ3) is 5.53. The Labute approximate surface area is 133 Å². The first kappa shape index (κ1) is 17.7. The summed E-state index contributed by atoms with van der Waals surface area (Å²) in [5, 5.41) is 0.359. The lowest BCUT2D eigenvalue weighted by atomic mass is 9.81. The molecule has 0 N–H and O–H groups in total. The molecule has 124 valence electrons. The van der Waals surface area contributed by atoms with E-state index < -0.39 is 18.4 Å². The van der Waals surface area contributed by atoms with Crippen LogP contribution in [0.3, 0.4) is 0 Å². The highest BCUT2D eigenvalue weighted by molar-refractivity contribution is 7.99. The van der Waals surface area contributed by atoms with Crippen LogP contribution in [0, 0.1) is 23.7 Å². The molecule has 0 bridgehead atoms. The highest BCUT2D eigenvalue weighted by Gasteiger charge is 2.40. The Morgan fingerprint density at radius 3 is 2.27 bits per heavy atom. The molecule has 22 heavy (non-hydrogen) atoms. The summed E-state index contributed by atoms with van der Waals surface area (Å²) in [5.74, 6) is 4.80. The zero-order valence-electron chi connectivity index (χ0n) is 12.6.